The fourth-order valence-corrected chi connectivity index (χ4v) is 3.91. The maximum atomic E-state index is 10.5. The Balaban J connectivity index is 0.000000695. The van der Waals surface area contributed by atoms with E-state index in [1.54, 1.807) is 12.5 Å². The predicted molar refractivity (Wildman–Crippen MR) is 134 cm³/mol. The van der Waals surface area contributed by atoms with Gasteiger partial charge in [0.05, 0.1) is 0 Å². The van der Waals surface area contributed by atoms with Gasteiger partial charge in [0.2, 0.25) is 0 Å². The smallest absolute Gasteiger partial charge is 0.129 e. The number of aryl methyl sites for hydroxylation is 2. The molecular formula is C28H43NO. The first-order valence-corrected chi connectivity index (χ1v) is 11.7. The zero-order chi connectivity index (χ0) is 21.6. The molecule has 0 saturated heterocycles. The van der Waals surface area contributed by atoms with Crippen molar-refractivity contribution in [3.05, 3.63) is 76.9 Å². The van der Waals surface area contributed by atoms with E-state index in [4.69, 9.17) is 5.73 Å². The van der Waals surface area contributed by atoms with E-state index in [1.165, 1.54) is 41.5 Å². The molecule has 0 amide bonds. The molecule has 2 nitrogen and oxygen atoms in total. The molecule has 1 aliphatic rings. The molecule has 0 saturated carbocycles. The van der Waals surface area contributed by atoms with Gasteiger partial charge in [-0.05, 0) is 79.8 Å². The highest BCUT2D eigenvalue weighted by Crippen LogP contribution is 2.31. The monoisotopic (exact) mass is 409 g/mol. The van der Waals surface area contributed by atoms with Crippen molar-refractivity contribution in [1.29, 1.82) is 0 Å². The fraction of sp³-hybridized carbons (Fsp3) is 0.464. The average Bonchev–Trinajstić information content (AvgIpc) is 3.16. The van der Waals surface area contributed by atoms with Gasteiger partial charge in [0.25, 0.3) is 0 Å². The number of fused-ring (bicyclic) bond motifs is 1. The summed E-state index contributed by atoms with van der Waals surface area (Å²) in [5.74, 6) is 0.299. The summed E-state index contributed by atoms with van der Waals surface area (Å²) in [6.45, 7) is 4.68. The van der Waals surface area contributed by atoms with Crippen LogP contribution in [-0.4, -0.2) is 12.3 Å². The van der Waals surface area contributed by atoms with Gasteiger partial charge in [-0.2, -0.15) is 0 Å². The highest BCUT2D eigenvalue weighted by Gasteiger charge is 2.13. The van der Waals surface area contributed by atoms with Gasteiger partial charge >= 0.3 is 0 Å². The van der Waals surface area contributed by atoms with Crippen molar-refractivity contribution in [1.82, 2.24) is 0 Å². The van der Waals surface area contributed by atoms with Gasteiger partial charge in [0.15, 0.2) is 0 Å². The molecule has 1 aliphatic carbocycles. The van der Waals surface area contributed by atoms with Crippen LogP contribution in [0.2, 0.25) is 0 Å². The van der Waals surface area contributed by atoms with Crippen molar-refractivity contribution in [2.75, 3.05) is 6.54 Å². The largest absolute Gasteiger partial charge is 0.330 e. The van der Waals surface area contributed by atoms with Crippen LogP contribution in [0.4, 0.5) is 0 Å². The van der Waals surface area contributed by atoms with Crippen LogP contribution in [0, 0.1) is 0 Å². The van der Waals surface area contributed by atoms with Crippen molar-refractivity contribution < 1.29 is 7.65 Å². The van der Waals surface area contributed by atoms with Gasteiger partial charge in [-0.25, -0.2) is 0 Å². The topological polar surface area (TPSA) is 43.1 Å². The molecule has 30 heavy (non-hydrogen) atoms. The Kier molecular flexibility index (Phi) is 11.2. The molecule has 2 aromatic rings. The second kappa shape index (κ2) is 13.9. The number of benzene rings is 2. The number of carbonyl (C=O) groups excluding carboxylic acids is 1. The van der Waals surface area contributed by atoms with Crippen LogP contribution in [0.1, 0.15) is 83.9 Å². The molecule has 166 valence electrons. The van der Waals surface area contributed by atoms with E-state index in [1.807, 2.05) is 0 Å². The number of unbranched alkanes of at least 4 members (excludes halogenated alkanes) is 3. The molecule has 0 aromatic heterocycles. The van der Waals surface area contributed by atoms with Gasteiger partial charge in [-0.1, -0.05) is 80.8 Å². The summed E-state index contributed by atoms with van der Waals surface area (Å²) in [6.07, 6.45) is 13.5. The fourth-order valence-electron chi connectivity index (χ4n) is 3.91. The summed E-state index contributed by atoms with van der Waals surface area (Å²) < 4.78 is 0. The summed E-state index contributed by atoms with van der Waals surface area (Å²) >= 11 is 0. The highest BCUT2D eigenvalue weighted by atomic mass is 16.1. The summed E-state index contributed by atoms with van der Waals surface area (Å²) in [5, 5.41) is 0. The molecular weight excluding hydrogens is 366 g/mol. The van der Waals surface area contributed by atoms with Crippen LogP contribution >= 0.6 is 0 Å². The minimum absolute atomic E-state index is 0. The van der Waals surface area contributed by atoms with Gasteiger partial charge < -0.3 is 10.5 Å². The van der Waals surface area contributed by atoms with E-state index < -0.39 is 0 Å². The van der Waals surface area contributed by atoms with Crippen LogP contribution in [-0.2, 0) is 24.1 Å². The Hall–Kier alpha value is -2.19. The average molecular weight is 410 g/mol. The standard InChI is InChI=1S/C20H22.C8H17NO.2H2/c1-2-6-18-13-14-19-12-11-17(15-20(18)19)10-9-16-7-4-3-5-8-16;1-8(10)6-4-2-3-5-7-9;;/h3-5,7-8,11-13,15H,2,6,9-10,14H2,1H3;2-7,9H2,1H3;2*1H. The SMILES string of the molecule is CC(=O)CCCCCCN.CCCC1=CCc2ccc(CCc3ccccc3)cc21.[HH].[HH]. The van der Waals surface area contributed by atoms with E-state index in [2.05, 4.69) is 61.5 Å². The third-order valence-corrected chi connectivity index (χ3v) is 5.64. The zero-order valence-electron chi connectivity index (χ0n) is 19.0. The van der Waals surface area contributed by atoms with Crippen LogP contribution in [0.3, 0.4) is 0 Å². The first kappa shape index (κ1) is 24.1. The Labute approximate surface area is 186 Å². The van der Waals surface area contributed by atoms with E-state index in [0.717, 1.165) is 51.5 Å². The molecule has 2 heteroatoms. The maximum Gasteiger partial charge on any atom is 0.129 e. The normalized spacial score (nSPS) is 12.0. The minimum atomic E-state index is 0. The molecule has 0 fully saturated rings. The lowest BCUT2D eigenvalue weighted by molar-refractivity contribution is -0.117. The summed E-state index contributed by atoms with van der Waals surface area (Å²) in [7, 11) is 0. The molecule has 0 radical (unpaired) electrons. The van der Waals surface area contributed by atoms with Gasteiger partial charge in [0.1, 0.15) is 5.78 Å². The quantitative estimate of drug-likeness (QED) is 0.399. The number of nitrogens with two attached hydrogens (primary N) is 1. The first-order chi connectivity index (χ1) is 14.6. The van der Waals surface area contributed by atoms with Crippen molar-refractivity contribution in [3.63, 3.8) is 0 Å². The molecule has 0 aliphatic heterocycles. The number of Topliss-reactive ketones (excluding diaryl/α,β-unsaturated/α-hetero) is 1. The van der Waals surface area contributed by atoms with Crippen molar-refractivity contribution >= 4 is 11.4 Å². The number of carbonyl (C=O) groups is 1. The van der Waals surface area contributed by atoms with Crippen LogP contribution in [0.15, 0.2) is 54.6 Å². The number of hydrogen-bond donors (Lipinski definition) is 1. The third kappa shape index (κ3) is 8.67. The second-order valence-electron chi connectivity index (χ2n) is 8.32. The number of allylic oxidation sites excluding steroid dienone is 2. The van der Waals surface area contributed by atoms with E-state index in [0.29, 0.717) is 5.78 Å². The molecule has 2 aromatic carbocycles. The van der Waals surface area contributed by atoms with Crippen molar-refractivity contribution in [2.45, 2.75) is 78.1 Å². The van der Waals surface area contributed by atoms with E-state index in [-0.39, 0.29) is 2.85 Å². The Morgan fingerprint density at radius 1 is 0.933 bits per heavy atom. The van der Waals surface area contributed by atoms with Crippen molar-refractivity contribution in [3.8, 4) is 0 Å². The van der Waals surface area contributed by atoms with E-state index in [9.17, 15) is 4.79 Å². The van der Waals surface area contributed by atoms with Crippen LogP contribution in [0.25, 0.3) is 5.57 Å². The molecule has 0 heterocycles. The summed E-state index contributed by atoms with van der Waals surface area (Å²) in [6, 6.07) is 17.8. The number of rotatable bonds is 11. The molecule has 0 atom stereocenters. The molecule has 3 rings (SSSR count). The predicted octanol–water partition coefficient (Wildman–Crippen LogP) is 7.19. The lowest BCUT2D eigenvalue weighted by Crippen LogP contribution is -1.98. The summed E-state index contributed by atoms with van der Waals surface area (Å²) in [5.41, 5.74) is 12.8. The maximum absolute atomic E-state index is 10.5. The number of hydrogen-bond acceptors (Lipinski definition) is 2. The van der Waals surface area contributed by atoms with E-state index >= 15 is 0 Å². The van der Waals surface area contributed by atoms with Gasteiger partial charge in [0, 0.05) is 9.27 Å². The Morgan fingerprint density at radius 3 is 2.37 bits per heavy atom. The third-order valence-electron chi connectivity index (χ3n) is 5.64. The minimum Gasteiger partial charge on any atom is -0.330 e. The molecule has 0 unspecified atom stereocenters. The van der Waals surface area contributed by atoms with Gasteiger partial charge in [-0.15, -0.1) is 0 Å². The summed E-state index contributed by atoms with van der Waals surface area (Å²) in [4.78, 5) is 10.5. The van der Waals surface area contributed by atoms with Crippen molar-refractivity contribution in [2.24, 2.45) is 5.73 Å². The van der Waals surface area contributed by atoms with Crippen LogP contribution < -0.4 is 5.73 Å². The number of ketones is 1. The lowest BCUT2D eigenvalue weighted by Gasteiger charge is -2.08. The second-order valence-corrected chi connectivity index (χ2v) is 8.32. The van der Waals surface area contributed by atoms with Gasteiger partial charge in [-0.3, -0.25) is 0 Å². The molecule has 0 bridgehead atoms. The Morgan fingerprint density at radius 2 is 1.67 bits per heavy atom. The highest BCUT2D eigenvalue weighted by molar-refractivity contribution is 5.75. The first-order valence-electron chi connectivity index (χ1n) is 11.7. The lowest BCUT2D eigenvalue weighted by atomic mass is 9.97. The molecule has 2 N–H and O–H groups in total. The molecule has 0 spiro atoms. The zero-order valence-corrected chi connectivity index (χ0v) is 19.0. The Bertz CT molecular complexity index is 802. The van der Waals surface area contributed by atoms with Crippen LogP contribution in [0.5, 0.6) is 0 Å².